The van der Waals surface area contributed by atoms with E-state index in [0.29, 0.717) is 15.9 Å². The lowest BCUT2D eigenvalue weighted by Gasteiger charge is -2.17. The second-order valence-corrected chi connectivity index (χ2v) is 7.69. The van der Waals surface area contributed by atoms with Crippen LogP contribution in [0.25, 0.3) is 0 Å². The molecule has 0 fully saturated rings. The minimum Gasteiger partial charge on any atom is -0.445 e. The number of anilines is 2. The number of carbonyl (C=O) groups excluding carboxylic acids is 1. The van der Waals surface area contributed by atoms with E-state index < -0.39 is 11.8 Å². The molecule has 1 heterocycles. The number of fused-ring (bicyclic) bond motifs is 1. The Hall–Kier alpha value is -2.93. The summed E-state index contributed by atoms with van der Waals surface area (Å²) in [6.45, 7) is 0. The Kier molecular flexibility index (Phi) is 5.25. The first-order valence-corrected chi connectivity index (χ1v) is 9.96. The van der Waals surface area contributed by atoms with E-state index in [0.717, 1.165) is 18.6 Å². The van der Waals surface area contributed by atoms with Crippen LogP contribution in [0.3, 0.4) is 0 Å². The zero-order valence-electron chi connectivity index (χ0n) is 15.4. The Morgan fingerprint density at radius 2 is 2.00 bits per heavy atom. The average Bonchev–Trinajstić information content (AvgIpc) is 3.14. The summed E-state index contributed by atoms with van der Waals surface area (Å²) < 4.78 is 19.3. The Balaban J connectivity index is 1.41. The van der Waals surface area contributed by atoms with E-state index in [1.54, 1.807) is 25.4 Å². The van der Waals surface area contributed by atoms with Gasteiger partial charge >= 0.3 is 6.03 Å². The Morgan fingerprint density at radius 1 is 1.18 bits per heavy atom. The quantitative estimate of drug-likeness (QED) is 0.621. The van der Waals surface area contributed by atoms with Crippen molar-refractivity contribution in [2.45, 2.75) is 25.7 Å². The number of hydrogen-bond acceptors (Lipinski definition) is 4. The minimum atomic E-state index is -0.403. The zero-order chi connectivity index (χ0) is 19.5. The van der Waals surface area contributed by atoms with Crippen molar-refractivity contribution >= 4 is 28.2 Å². The summed E-state index contributed by atoms with van der Waals surface area (Å²) in [6, 6.07) is 11.6. The number of aromatic nitrogens is 1. The number of thiazole rings is 1. The molecule has 3 aromatic rings. The molecule has 1 N–H and O–H groups in total. The van der Waals surface area contributed by atoms with E-state index in [1.165, 1.54) is 52.3 Å². The molecule has 1 aliphatic rings. The summed E-state index contributed by atoms with van der Waals surface area (Å²) >= 11 is 1.24. The molecule has 7 heteroatoms. The number of rotatable bonds is 4. The highest BCUT2D eigenvalue weighted by atomic mass is 32.1. The Bertz CT molecular complexity index is 1000. The van der Waals surface area contributed by atoms with Gasteiger partial charge in [-0.15, -0.1) is 0 Å². The average molecular weight is 397 g/mol. The van der Waals surface area contributed by atoms with Gasteiger partial charge in [0.2, 0.25) is 5.06 Å². The van der Waals surface area contributed by atoms with Gasteiger partial charge in [-0.25, -0.2) is 14.2 Å². The van der Waals surface area contributed by atoms with Crippen molar-refractivity contribution in [3.05, 3.63) is 65.6 Å². The normalized spacial score (nSPS) is 12.9. The number of hydrogen-bond donors (Lipinski definition) is 1. The standard InChI is InChI=1S/C21H20FN3O2S/c1-25(17-8-4-7-16(22)12-17)21(26)24-20-23-13-19(28-20)27-18-10-9-14-5-2-3-6-15(14)11-18/h4,7-13H,2-3,5-6H2,1H3,(H,23,24,26). The van der Waals surface area contributed by atoms with Crippen molar-refractivity contribution in [1.82, 2.24) is 4.98 Å². The molecule has 0 bridgehead atoms. The lowest BCUT2D eigenvalue weighted by molar-refractivity contribution is 0.258. The van der Waals surface area contributed by atoms with Gasteiger partial charge in [0.1, 0.15) is 11.6 Å². The van der Waals surface area contributed by atoms with Gasteiger partial charge in [0.15, 0.2) is 5.13 Å². The van der Waals surface area contributed by atoms with Crippen LogP contribution in [0, 0.1) is 5.82 Å². The first-order chi connectivity index (χ1) is 13.6. The van der Waals surface area contributed by atoms with Crippen LogP contribution in [0.1, 0.15) is 24.0 Å². The number of nitrogens with zero attached hydrogens (tertiary/aromatic N) is 2. The molecule has 0 spiro atoms. The van der Waals surface area contributed by atoms with Crippen LogP contribution >= 0.6 is 11.3 Å². The van der Waals surface area contributed by atoms with E-state index in [4.69, 9.17) is 4.74 Å². The largest absolute Gasteiger partial charge is 0.445 e. The van der Waals surface area contributed by atoms with Crippen molar-refractivity contribution in [3.63, 3.8) is 0 Å². The number of aryl methyl sites for hydroxylation is 2. The highest BCUT2D eigenvalue weighted by molar-refractivity contribution is 7.17. The summed E-state index contributed by atoms with van der Waals surface area (Å²) in [7, 11) is 1.57. The predicted molar refractivity (Wildman–Crippen MR) is 109 cm³/mol. The Labute approximate surface area is 166 Å². The fraction of sp³-hybridized carbons (Fsp3) is 0.238. The summed E-state index contributed by atoms with van der Waals surface area (Å²) in [5.74, 6) is 0.381. The molecule has 1 aliphatic carbocycles. The van der Waals surface area contributed by atoms with E-state index in [2.05, 4.69) is 22.4 Å². The summed E-state index contributed by atoms with van der Waals surface area (Å²) in [4.78, 5) is 17.9. The van der Waals surface area contributed by atoms with Crippen LogP contribution in [0.4, 0.5) is 20.0 Å². The topological polar surface area (TPSA) is 54.5 Å². The van der Waals surface area contributed by atoms with Crippen molar-refractivity contribution in [1.29, 1.82) is 0 Å². The SMILES string of the molecule is CN(C(=O)Nc1ncc(Oc2ccc3c(c2)CCCC3)s1)c1cccc(F)c1. The van der Waals surface area contributed by atoms with Gasteiger partial charge in [-0.2, -0.15) is 0 Å². The molecule has 0 aliphatic heterocycles. The maximum absolute atomic E-state index is 13.3. The first kappa shape index (κ1) is 18.4. The predicted octanol–water partition coefficient (Wildman–Crippen LogP) is 5.62. The monoisotopic (exact) mass is 397 g/mol. The zero-order valence-corrected chi connectivity index (χ0v) is 16.3. The maximum atomic E-state index is 13.3. The second kappa shape index (κ2) is 7.98. The number of nitrogens with one attached hydrogen (secondary N) is 1. The lowest BCUT2D eigenvalue weighted by Crippen LogP contribution is -2.31. The van der Waals surface area contributed by atoms with Gasteiger partial charge in [-0.3, -0.25) is 10.2 Å². The van der Waals surface area contributed by atoms with Crippen LogP contribution in [0.15, 0.2) is 48.7 Å². The molecule has 5 nitrogen and oxygen atoms in total. The fourth-order valence-corrected chi connectivity index (χ4v) is 3.91. The van der Waals surface area contributed by atoms with E-state index >= 15 is 0 Å². The molecule has 2 amide bonds. The molecule has 0 atom stereocenters. The van der Waals surface area contributed by atoms with E-state index in [1.807, 2.05) is 6.07 Å². The van der Waals surface area contributed by atoms with Crippen LogP contribution in [0.5, 0.6) is 10.8 Å². The fourth-order valence-electron chi connectivity index (χ4n) is 3.23. The molecule has 0 saturated heterocycles. The number of carbonyl (C=O) groups is 1. The highest BCUT2D eigenvalue weighted by Gasteiger charge is 2.15. The molecule has 0 radical (unpaired) electrons. The minimum absolute atomic E-state index is 0.396. The number of halogens is 1. The Morgan fingerprint density at radius 3 is 2.82 bits per heavy atom. The van der Waals surface area contributed by atoms with Crippen molar-refractivity contribution in [2.75, 3.05) is 17.3 Å². The highest BCUT2D eigenvalue weighted by Crippen LogP contribution is 2.33. The third-order valence-corrected chi connectivity index (χ3v) is 5.53. The van der Waals surface area contributed by atoms with Gasteiger partial charge in [0, 0.05) is 12.7 Å². The summed E-state index contributed by atoms with van der Waals surface area (Å²) in [5.41, 5.74) is 3.20. The van der Waals surface area contributed by atoms with Gasteiger partial charge in [-0.1, -0.05) is 23.5 Å². The molecular weight excluding hydrogens is 377 g/mol. The third-order valence-electron chi connectivity index (χ3n) is 4.74. The molecule has 0 saturated carbocycles. The molecule has 28 heavy (non-hydrogen) atoms. The summed E-state index contributed by atoms with van der Waals surface area (Å²) in [5, 5.41) is 3.72. The molecule has 2 aromatic carbocycles. The van der Waals surface area contributed by atoms with Crippen molar-refractivity contribution in [3.8, 4) is 10.8 Å². The van der Waals surface area contributed by atoms with Gasteiger partial charge in [0.25, 0.3) is 0 Å². The van der Waals surface area contributed by atoms with Gasteiger partial charge < -0.3 is 4.74 Å². The number of benzene rings is 2. The van der Waals surface area contributed by atoms with E-state index in [-0.39, 0.29) is 0 Å². The molecule has 0 unspecified atom stereocenters. The van der Waals surface area contributed by atoms with Crippen molar-refractivity contribution < 1.29 is 13.9 Å². The second-order valence-electron chi connectivity index (χ2n) is 6.69. The van der Waals surface area contributed by atoms with Crippen LogP contribution < -0.4 is 15.0 Å². The smallest absolute Gasteiger partial charge is 0.327 e. The van der Waals surface area contributed by atoms with Crippen LogP contribution in [-0.4, -0.2) is 18.1 Å². The van der Waals surface area contributed by atoms with Crippen LogP contribution in [-0.2, 0) is 12.8 Å². The van der Waals surface area contributed by atoms with Crippen LogP contribution in [0.2, 0.25) is 0 Å². The lowest BCUT2D eigenvalue weighted by atomic mass is 9.92. The summed E-state index contributed by atoms with van der Waals surface area (Å²) in [6.07, 6.45) is 6.26. The maximum Gasteiger partial charge on any atom is 0.327 e. The number of amides is 2. The molecule has 4 rings (SSSR count). The number of urea groups is 1. The van der Waals surface area contributed by atoms with Crippen molar-refractivity contribution in [2.24, 2.45) is 0 Å². The van der Waals surface area contributed by atoms with E-state index in [9.17, 15) is 9.18 Å². The molecule has 144 valence electrons. The third kappa shape index (κ3) is 4.14. The van der Waals surface area contributed by atoms with Gasteiger partial charge in [0.05, 0.1) is 6.20 Å². The molecular formula is C21H20FN3O2S. The first-order valence-electron chi connectivity index (χ1n) is 9.14. The van der Waals surface area contributed by atoms with Gasteiger partial charge in [-0.05, 0) is 67.1 Å². The number of ether oxygens (including phenoxy) is 1. The molecule has 1 aromatic heterocycles.